The van der Waals surface area contributed by atoms with Crippen molar-refractivity contribution < 1.29 is 4.79 Å². The molecule has 4 rings (SSSR count). The van der Waals surface area contributed by atoms with Gasteiger partial charge in [-0.1, -0.05) is 25.5 Å². The van der Waals surface area contributed by atoms with Gasteiger partial charge in [0.2, 0.25) is 0 Å². The Morgan fingerprint density at radius 1 is 1.10 bits per heavy atom. The Balaban J connectivity index is 1.67. The number of Topliss-reactive ketones (excluding diaryl/α,β-unsaturated/α-hetero) is 1. The SMILES string of the molecule is CC1=CCC2C3CCC4C(=O)CCCC4(C)C3CCC12C. The van der Waals surface area contributed by atoms with E-state index in [1.165, 1.54) is 38.5 Å². The van der Waals surface area contributed by atoms with Crippen LogP contribution in [0.15, 0.2) is 11.6 Å². The molecule has 0 aromatic heterocycles. The van der Waals surface area contributed by atoms with Gasteiger partial charge in [-0.25, -0.2) is 0 Å². The molecular weight excluding hydrogens is 256 g/mol. The highest BCUT2D eigenvalue weighted by Crippen LogP contribution is 2.65. The summed E-state index contributed by atoms with van der Waals surface area (Å²) in [6.07, 6.45) is 12.4. The van der Waals surface area contributed by atoms with Crippen LogP contribution in [0.2, 0.25) is 0 Å². The van der Waals surface area contributed by atoms with E-state index >= 15 is 0 Å². The number of allylic oxidation sites excluding steroid dienone is 2. The van der Waals surface area contributed by atoms with E-state index in [1.807, 2.05) is 0 Å². The highest BCUT2D eigenvalue weighted by Gasteiger charge is 2.58. The molecule has 0 saturated heterocycles. The lowest BCUT2D eigenvalue weighted by molar-refractivity contribution is -0.146. The van der Waals surface area contributed by atoms with Crippen LogP contribution in [0.25, 0.3) is 0 Å². The third-order valence-electron chi connectivity index (χ3n) is 8.36. The van der Waals surface area contributed by atoms with Crippen LogP contribution >= 0.6 is 0 Å². The zero-order chi connectivity index (χ0) is 14.8. The maximum absolute atomic E-state index is 12.4. The fraction of sp³-hybridized carbons (Fsp3) is 0.850. The van der Waals surface area contributed by atoms with Gasteiger partial charge in [0.15, 0.2) is 0 Å². The van der Waals surface area contributed by atoms with Gasteiger partial charge in [-0.05, 0) is 80.5 Å². The molecule has 0 N–H and O–H groups in total. The molecule has 0 aromatic rings. The van der Waals surface area contributed by atoms with Gasteiger partial charge in [-0.15, -0.1) is 0 Å². The molecule has 1 heteroatoms. The van der Waals surface area contributed by atoms with Gasteiger partial charge in [-0.3, -0.25) is 4.79 Å². The van der Waals surface area contributed by atoms with E-state index in [1.54, 1.807) is 5.57 Å². The third kappa shape index (κ3) is 1.72. The second kappa shape index (κ2) is 4.46. The molecule has 3 saturated carbocycles. The standard InChI is InChI=1S/C20H30O/c1-13-6-8-15-14-7-9-17-18(21)5-4-11-20(17,3)16(14)10-12-19(13,15)2/h6,14-17H,4-5,7-12H2,1-3H3. The van der Waals surface area contributed by atoms with Crippen LogP contribution in [0.1, 0.15) is 72.1 Å². The molecule has 3 fully saturated rings. The van der Waals surface area contributed by atoms with Crippen molar-refractivity contribution in [3.63, 3.8) is 0 Å². The Kier molecular flexibility index (Phi) is 2.98. The van der Waals surface area contributed by atoms with Crippen molar-refractivity contribution in [3.8, 4) is 0 Å². The largest absolute Gasteiger partial charge is 0.299 e. The van der Waals surface area contributed by atoms with Crippen molar-refractivity contribution in [1.82, 2.24) is 0 Å². The molecule has 6 unspecified atom stereocenters. The predicted octanol–water partition coefficient (Wildman–Crippen LogP) is 5.15. The average Bonchev–Trinajstić information content (AvgIpc) is 2.75. The monoisotopic (exact) mass is 286 g/mol. The number of fused-ring (bicyclic) bond motifs is 5. The minimum atomic E-state index is 0.329. The summed E-state index contributed by atoms with van der Waals surface area (Å²) in [7, 11) is 0. The van der Waals surface area contributed by atoms with Gasteiger partial charge >= 0.3 is 0 Å². The van der Waals surface area contributed by atoms with Crippen LogP contribution in [-0.2, 0) is 4.79 Å². The van der Waals surface area contributed by atoms with Crippen molar-refractivity contribution in [2.75, 3.05) is 0 Å². The first-order valence-electron chi connectivity index (χ1n) is 9.17. The Bertz CT molecular complexity index is 504. The number of carbonyl (C=O) groups is 1. The summed E-state index contributed by atoms with van der Waals surface area (Å²) in [5.74, 6) is 3.55. The van der Waals surface area contributed by atoms with E-state index < -0.39 is 0 Å². The zero-order valence-corrected chi connectivity index (χ0v) is 14.0. The summed E-state index contributed by atoms with van der Waals surface area (Å²) >= 11 is 0. The maximum Gasteiger partial charge on any atom is 0.136 e. The molecule has 116 valence electrons. The maximum atomic E-state index is 12.4. The fourth-order valence-corrected chi connectivity index (χ4v) is 6.94. The van der Waals surface area contributed by atoms with Crippen LogP contribution in [0.4, 0.5) is 0 Å². The average molecular weight is 286 g/mol. The van der Waals surface area contributed by atoms with Crippen molar-refractivity contribution >= 4 is 5.78 Å². The summed E-state index contributed by atoms with van der Waals surface area (Å²) in [6, 6.07) is 0. The lowest BCUT2D eigenvalue weighted by atomic mass is 9.45. The fourth-order valence-electron chi connectivity index (χ4n) is 6.94. The minimum absolute atomic E-state index is 0.329. The van der Waals surface area contributed by atoms with Gasteiger partial charge in [0.05, 0.1) is 0 Å². The van der Waals surface area contributed by atoms with Gasteiger partial charge in [0.25, 0.3) is 0 Å². The van der Waals surface area contributed by atoms with Crippen molar-refractivity contribution in [2.45, 2.75) is 72.1 Å². The molecule has 1 nitrogen and oxygen atoms in total. The third-order valence-corrected chi connectivity index (χ3v) is 8.36. The lowest BCUT2D eigenvalue weighted by Crippen LogP contribution is -2.54. The van der Waals surface area contributed by atoms with Gasteiger partial charge < -0.3 is 0 Å². The van der Waals surface area contributed by atoms with Gasteiger partial charge in [-0.2, -0.15) is 0 Å². The van der Waals surface area contributed by atoms with Crippen LogP contribution in [0.5, 0.6) is 0 Å². The topological polar surface area (TPSA) is 17.1 Å². The van der Waals surface area contributed by atoms with Crippen LogP contribution in [0, 0.1) is 34.5 Å². The van der Waals surface area contributed by atoms with E-state index in [0.717, 1.165) is 30.6 Å². The first-order valence-corrected chi connectivity index (χ1v) is 9.17. The van der Waals surface area contributed by atoms with Crippen LogP contribution in [0.3, 0.4) is 0 Å². The number of rotatable bonds is 0. The number of carbonyl (C=O) groups excluding carboxylic acids is 1. The van der Waals surface area contributed by atoms with Crippen LogP contribution < -0.4 is 0 Å². The van der Waals surface area contributed by atoms with Gasteiger partial charge in [0, 0.05) is 12.3 Å². The zero-order valence-electron chi connectivity index (χ0n) is 14.0. The quantitative estimate of drug-likeness (QED) is 0.562. The summed E-state index contributed by atoms with van der Waals surface area (Å²) in [6.45, 7) is 7.36. The summed E-state index contributed by atoms with van der Waals surface area (Å²) in [4.78, 5) is 12.4. The van der Waals surface area contributed by atoms with E-state index in [0.29, 0.717) is 22.5 Å². The smallest absolute Gasteiger partial charge is 0.136 e. The van der Waals surface area contributed by atoms with Gasteiger partial charge in [0.1, 0.15) is 5.78 Å². The number of ketones is 1. The molecule has 0 heterocycles. The van der Waals surface area contributed by atoms with E-state index in [9.17, 15) is 4.79 Å². The second-order valence-corrected chi connectivity index (χ2v) is 8.91. The number of hydrogen-bond donors (Lipinski definition) is 0. The molecule has 0 aliphatic heterocycles. The molecule has 4 aliphatic carbocycles. The molecule has 0 bridgehead atoms. The van der Waals surface area contributed by atoms with Crippen LogP contribution in [-0.4, -0.2) is 5.78 Å². The highest BCUT2D eigenvalue weighted by atomic mass is 16.1. The minimum Gasteiger partial charge on any atom is -0.299 e. The van der Waals surface area contributed by atoms with Crippen molar-refractivity contribution in [1.29, 1.82) is 0 Å². The highest BCUT2D eigenvalue weighted by molar-refractivity contribution is 5.82. The van der Waals surface area contributed by atoms with E-state index in [-0.39, 0.29) is 0 Å². The Morgan fingerprint density at radius 3 is 2.71 bits per heavy atom. The molecule has 0 aromatic carbocycles. The Morgan fingerprint density at radius 2 is 1.90 bits per heavy atom. The molecular formula is C20H30O. The number of hydrogen-bond acceptors (Lipinski definition) is 1. The first-order chi connectivity index (χ1) is 9.97. The molecule has 0 radical (unpaired) electrons. The lowest BCUT2D eigenvalue weighted by Gasteiger charge is -2.59. The second-order valence-electron chi connectivity index (χ2n) is 8.91. The molecule has 6 atom stereocenters. The first kappa shape index (κ1) is 14.0. The molecule has 0 amide bonds. The summed E-state index contributed by atoms with van der Waals surface area (Å²) in [5, 5.41) is 0. The molecule has 21 heavy (non-hydrogen) atoms. The van der Waals surface area contributed by atoms with Crippen molar-refractivity contribution in [3.05, 3.63) is 11.6 Å². The van der Waals surface area contributed by atoms with E-state index in [2.05, 4.69) is 26.8 Å². The summed E-state index contributed by atoms with van der Waals surface area (Å²) in [5.41, 5.74) is 2.46. The Labute approximate surface area is 129 Å². The molecule has 0 spiro atoms. The Hall–Kier alpha value is -0.590. The van der Waals surface area contributed by atoms with Crippen molar-refractivity contribution in [2.24, 2.45) is 34.5 Å². The molecule has 4 aliphatic rings. The predicted molar refractivity (Wildman–Crippen MR) is 85.9 cm³/mol. The van der Waals surface area contributed by atoms with E-state index in [4.69, 9.17) is 0 Å². The normalized spacial score (nSPS) is 52.7. The summed E-state index contributed by atoms with van der Waals surface area (Å²) < 4.78 is 0.